The monoisotopic (exact) mass is 335 g/mol. The van der Waals surface area contributed by atoms with E-state index in [1.807, 2.05) is 30.3 Å². The standard InChI is InChI=1S/C15H14ClN3O2S/c1-22(20)15-18-13-12(7-8-17-14(13)16)19(15)10-21-9-11-5-3-2-4-6-11/h2-8H,9-10H2,1H3. The zero-order valence-electron chi connectivity index (χ0n) is 11.9. The zero-order chi connectivity index (χ0) is 15.5. The number of benzene rings is 1. The molecule has 0 aliphatic carbocycles. The second-order valence-corrected chi connectivity index (χ2v) is 6.34. The van der Waals surface area contributed by atoms with Crippen LogP contribution >= 0.6 is 11.6 Å². The molecule has 7 heteroatoms. The normalized spacial score (nSPS) is 12.6. The molecule has 0 amide bonds. The minimum Gasteiger partial charge on any atom is -0.356 e. The van der Waals surface area contributed by atoms with Gasteiger partial charge in [-0.1, -0.05) is 41.9 Å². The third-order valence-corrected chi connectivity index (χ3v) is 4.28. The van der Waals surface area contributed by atoms with Crippen molar-refractivity contribution in [3.8, 4) is 0 Å². The van der Waals surface area contributed by atoms with Crippen molar-refractivity contribution >= 4 is 33.4 Å². The topological polar surface area (TPSA) is 57.0 Å². The van der Waals surface area contributed by atoms with Crippen LogP contribution in [0.3, 0.4) is 0 Å². The molecule has 5 nitrogen and oxygen atoms in total. The maximum atomic E-state index is 11.9. The number of pyridine rings is 1. The number of hydrogen-bond donors (Lipinski definition) is 0. The van der Waals surface area contributed by atoms with Crippen LogP contribution in [0.1, 0.15) is 5.56 Å². The summed E-state index contributed by atoms with van der Waals surface area (Å²) in [4.78, 5) is 8.32. The smallest absolute Gasteiger partial charge is 0.201 e. The average Bonchev–Trinajstić information content (AvgIpc) is 2.89. The zero-order valence-corrected chi connectivity index (χ0v) is 13.5. The van der Waals surface area contributed by atoms with Gasteiger partial charge in [0.1, 0.15) is 12.2 Å². The highest BCUT2D eigenvalue weighted by Gasteiger charge is 2.16. The van der Waals surface area contributed by atoms with Crippen LogP contribution in [-0.4, -0.2) is 25.0 Å². The Labute approximate surface area is 135 Å². The summed E-state index contributed by atoms with van der Waals surface area (Å²) in [5.41, 5.74) is 2.38. The second-order valence-electron chi connectivity index (χ2n) is 4.71. The first kappa shape index (κ1) is 15.1. The Hall–Kier alpha value is -1.76. The first-order valence-corrected chi connectivity index (χ1v) is 8.56. The van der Waals surface area contributed by atoms with Crippen molar-refractivity contribution in [1.29, 1.82) is 0 Å². The van der Waals surface area contributed by atoms with Gasteiger partial charge in [0.05, 0.1) is 22.9 Å². The second kappa shape index (κ2) is 6.56. The van der Waals surface area contributed by atoms with Crippen molar-refractivity contribution in [2.24, 2.45) is 0 Å². The quantitative estimate of drug-likeness (QED) is 0.673. The van der Waals surface area contributed by atoms with Crippen LogP contribution in [0.25, 0.3) is 11.0 Å². The van der Waals surface area contributed by atoms with E-state index in [1.54, 1.807) is 23.1 Å². The lowest BCUT2D eigenvalue weighted by atomic mass is 10.2. The molecule has 2 heterocycles. The van der Waals surface area contributed by atoms with Crippen molar-refractivity contribution < 1.29 is 8.95 Å². The first-order chi connectivity index (χ1) is 10.7. The maximum absolute atomic E-state index is 11.9. The van der Waals surface area contributed by atoms with E-state index in [9.17, 15) is 4.21 Å². The molecule has 1 aromatic carbocycles. The summed E-state index contributed by atoms with van der Waals surface area (Å²) in [6.07, 6.45) is 3.18. The van der Waals surface area contributed by atoms with Gasteiger partial charge in [0.15, 0.2) is 5.15 Å². The van der Waals surface area contributed by atoms with Crippen LogP contribution in [0.15, 0.2) is 47.8 Å². The SMILES string of the molecule is CS(=O)c1nc2c(Cl)nccc2n1COCc1ccccc1. The van der Waals surface area contributed by atoms with Crippen molar-refractivity contribution in [1.82, 2.24) is 14.5 Å². The number of imidazole rings is 1. The molecule has 22 heavy (non-hydrogen) atoms. The minimum atomic E-state index is -1.24. The molecule has 0 aliphatic heterocycles. The molecule has 3 rings (SSSR count). The molecule has 114 valence electrons. The Morgan fingerprint density at radius 3 is 2.77 bits per heavy atom. The summed E-state index contributed by atoms with van der Waals surface area (Å²) in [5.74, 6) is 0. The van der Waals surface area contributed by atoms with Gasteiger partial charge in [-0.15, -0.1) is 0 Å². The Bertz CT molecular complexity index is 820. The Balaban J connectivity index is 1.87. The lowest BCUT2D eigenvalue weighted by molar-refractivity contribution is 0.0612. The van der Waals surface area contributed by atoms with E-state index in [-0.39, 0.29) is 6.73 Å². The molecule has 0 aliphatic rings. The first-order valence-electron chi connectivity index (χ1n) is 6.62. The molecular formula is C15H14ClN3O2S. The van der Waals surface area contributed by atoms with Gasteiger partial charge in [0.2, 0.25) is 5.16 Å². The van der Waals surface area contributed by atoms with Crippen LogP contribution in [0.4, 0.5) is 0 Å². The number of hydrogen-bond acceptors (Lipinski definition) is 4. The van der Waals surface area contributed by atoms with Crippen LogP contribution in [0.5, 0.6) is 0 Å². The lowest BCUT2D eigenvalue weighted by Gasteiger charge is -2.09. The van der Waals surface area contributed by atoms with Crippen LogP contribution in [-0.2, 0) is 28.9 Å². The molecule has 0 N–H and O–H groups in total. The third kappa shape index (κ3) is 3.04. The fraction of sp³-hybridized carbons (Fsp3) is 0.200. The van der Waals surface area contributed by atoms with Crippen LogP contribution < -0.4 is 0 Å². The van der Waals surface area contributed by atoms with Gasteiger partial charge < -0.3 is 4.74 Å². The summed E-state index contributed by atoms with van der Waals surface area (Å²) >= 11 is 6.05. The molecule has 0 spiro atoms. The van der Waals surface area contributed by atoms with Gasteiger partial charge in [0, 0.05) is 12.5 Å². The fourth-order valence-corrected chi connectivity index (χ4v) is 3.05. The van der Waals surface area contributed by atoms with Crippen molar-refractivity contribution in [3.05, 3.63) is 53.3 Å². The highest BCUT2D eigenvalue weighted by Crippen LogP contribution is 2.23. The molecule has 0 saturated heterocycles. The number of rotatable bonds is 5. The van der Waals surface area contributed by atoms with E-state index >= 15 is 0 Å². The van der Waals surface area contributed by atoms with E-state index < -0.39 is 10.8 Å². The molecular weight excluding hydrogens is 322 g/mol. The largest absolute Gasteiger partial charge is 0.356 e. The van der Waals surface area contributed by atoms with Crippen LogP contribution in [0, 0.1) is 0 Å². The fourth-order valence-electron chi connectivity index (χ4n) is 2.17. The summed E-state index contributed by atoms with van der Waals surface area (Å²) in [5, 5.41) is 0.726. The molecule has 3 aromatic rings. The average molecular weight is 336 g/mol. The maximum Gasteiger partial charge on any atom is 0.201 e. The van der Waals surface area contributed by atoms with Crippen molar-refractivity contribution in [3.63, 3.8) is 0 Å². The van der Waals surface area contributed by atoms with E-state index in [1.165, 1.54) is 0 Å². The van der Waals surface area contributed by atoms with E-state index in [0.29, 0.717) is 22.4 Å². The number of ether oxygens (including phenoxy) is 1. The third-order valence-electron chi connectivity index (χ3n) is 3.18. The van der Waals surface area contributed by atoms with E-state index in [2.05, 4.69) is 9.97 Å². The van der Waals surface area contributed by atoms with Gasteiger partial charge in [0.25, 0.3) is 0 Å². The predicted octanol–water partition coefficient (Wildman–Crippen LogP) is 3.00. The number of nitrogens with zero attached hydrogens (tertiary/aromatic N) is 3. The summed E-state index contributed by atoms with van der Waals surface area (Å²) in [6, 6.07) is 11.7. The number of fused-ring (bicyclic) bond motifs is 1. The van der Waals surface area contributed by atoms with Crippen molar-refractivity contribution in [2.45, 2.75) is 18.5 Å². The van der Waals surface area contributed by atoms with E-state index in [0.717, 1.165) is 11.1 Å². The van der Waals surface area contributed by atoms with Gasteiger partial charge in [-0.25, -0.2) is 9.97 Å². The van der Waals surface area contributed by atoms with Gasteiger partial charge >= 0.3 is 0 Å². The van der Waals surface area contributed by atoms with Gasteiger partial charge in [-0.2, -0.15) is 0 Å². The molecule has 0 saturated carbocycles. The Morgan fingerprint density at radius 1 is 1.27 bits per heavy atom. The summed E-state index contributed by atoms with van der Waals surface area (Å²) in [7, 11) is -1.24. The molecule has 0 bridgehead atoms. The van der Waals surface area contributed by atoms with Gasteiger partial charge in [-0.05, 0) is 11.6 Å². The number of aromatic nitrogens is 3. The molecule has 1 atom stereocenters. The summed E-state index contributed by atoms with van der Waals surface area (Å²) in [6.45, 7) is 0.718. The van der Waals surface area contributed by atoms with Gasteiger partial charge in [-0.3, -0.25) is 8.78 Å². The predicted molar refractivity (Wildman–Crippen MR) is 86.1 cm³/mol. The highest BCUT2D eigenvalue weighted by molar-refractivity contribution is 7.84. The minimum absolute atomic E-state index is 0.251. The Kier molecular flexibility index (Phi) is 4.52. The lowest BCUT2D eigenvalue weighted by Crippen LogP contribution is -2.08. The van der Waals surface area contributed by atoms with Crippen molar-refractivity contribution in [2.75, 3.05) is 6.26 Å². The van der Waals surface area contributed by atoms with E-state index in [4.69, 9.17) is 16.3 Å². The molecule has 2 aromatic heterocycles. The Morgan fingerprint density at radius 2 is 2.05 bits per heavy atom. The number of halogens is 1. The molecule has 0 fully saturated rings. The summed E-state index contributed by atoms with van der Waals surface area (Å²) < 4.78 is 19.4. The molecule has 1 unspecified atom stereocenters. The molecule has 0 radical (unpaired) electrons. The highest BCUT2D eigenvalue weighted by atomic mass is 35.5. The van der Waals surface area contributed by atoms with Crippen LogP contribution in [0.2, 0.25) is 5.15 Å².